The predicted octanol–water partition coefficient (Wildman–Crippen LogP) is -0.0123. The van der Waals surface area contributed by atoms with E-state index in [1.54, 1.807) is 13.1 Å². The van der Waals surface area contributed by atoms with E-state index < -0.39 is 27.4 Å². The number of carbonyl (C=O) groups is 2. The van der Waals surface area contributed by atoms with E-state index in [0.29, 0.717) is 0 Å². The molecule has 0 atom stereocenters. The van der Waals surface area contributed by atoms with Crippen molar-refractivity contribution >= 4 is 21.0 Å². The number of carbonyl (C=O) groups excluding carboxylic acids is 1. The highest BCUT2D eigenvalue weighted by Crippen LogP contribution is 1.89. The zero-order valence-electron chi connectivity index (χ0n) is 5.96. The van der Waals surface area contributed by atoms with Crippen molar-refractivity contribution in [3.63, 3.8) is 0 Å². The lowest BCUT2D eigenvalue weighted by Gasteiger charge is -2.03. The summed E-state index contributed by atoms with van der Waals surface area (Å²) in [4.78, 5) is 20.4. The van der Waals surface area contributed by atoms with Gasteiger partial charge in [0.15, 0.2) is 0 Å². The highest BCUT2D eigenvalue weighted by Gasteiger charge is 2.09. The molecule has 0 unspecified atom stereocenters. The quantitative estimate of drug-likeness (QED) is 0.468. The van der Waals surface area contributed by atoms with Gasteiger partial charge in [-0.3, -0.25) is 9.59 Å². The van der Waals surface area contributed by atoms with Crippen molar-refractivity contribution in [1.82, 2.24) is 0 Å². The molecule has 0 bridgehead atoms. The molecule has 58 valence electrons. The van der Waals surface area contributed by atoms with Crippen LogP contribution in [-0.2, 0) is 14.0 Å². The zero-order chi connectivity index (χ0) is 8.15. The summed E-state index contributed by atoms with van der Waals surface area (Å²) in [7, 11) is -1.40. The highest BCUT2D eigenvalue weighted by atomic mass is 28.3. The van der Waals surface area contributed by atoms with Gasteiger partial charge in [-0.05, 0) is 13.1 Å². The molecule has 10 heavy (non-hydrogen) atoms. The number of carboxylic acid groups (broad SMARTS) is 1. The first-order valence-corrected chi connectivity index (χ1v) is 5.71. The first-order chi connectivity index (χ1) is 4.52. The minimum atomic E-state index is -1.40. The molecule has 0 saturated carbocycles. The van der Waals surface area contributed by atoms with Crippen molar-refractivity contribution in [2.45, 2.75) is 19.5 Å². The van der Waals surface area contributed by atoms with Crippen LogP contribution in [0.25, 0.3) is 0 Å². The third-order valence-corrected chi connectivity index (χ3v) is 1.40. The number of carboxylic acids is 1. The van der Waals surface area contributed by atoms with Crippen molar-refractivity contribution in [2.75, 3.05) is 0 Å². The van der Waals surface area contributed by atoms with Gasteiger partial charge >= 0.3 is 11.9 Å². The van der Waals surface area contributed by atoms with E-state index in [2.05, 4.69) is 4.43 Å². The molecule has 0 saturated heterocycles. The van der Waals surface area contributed by atoms with Gasteiger partial charge in [-0.15, -0.1) is 0 Å². The number of hydrogen-bond donors (Lipinski definition) is 1. The van der Waals surface area contributed by atoms with Crippen molar-refractivity contribution in [1.29, 1.82) is 0 Å². The Labute approximate surface area is 60.5 Å². The zero-order valence-corrected chi connectivity index (χ0v) is 7.11. The minimum Gasteiger partial charge on any atom is -0.522 e. The molecule has 0 amide bonds. The summed E-state index contributed by atoms with van der Waals surface area (Å²) >= 11 is 0. The van der Waals surface area contributed by atoms with Crippen LogP contribution < -0.4 is 0 Å². The summed E-state index contributed by atoms with van der Waals surface area (Å²) in [5.74, 6) is -1.77. The molecule has 0 spiro atoms. The van der Waals surface area contributed by atoms with Crippen LogP contribution in [0.4, 0.5) is 0 Å². The van der Waals surface area contributed by atoms with E-state index in [-0.39, 0.29) is 0 Å². The van der Waals surface area contributed by atoms with Crippen LogP contribution in [0.15, 0.2) is 0 Å². The molecule has 0 aromatic heterocycles. The Morgan fingerprint density at radius 2 is 2.00 bits per heavy atom. The summed E-state index contributed by atoms with van der Waals surface area (Å²) in [6.45, 7) is 3.61. The molecular weight excluding hydrogens is 152 g/mol. The van der Waals surface area contributed by atoms with Crippen LogP contribution in [0.1, 0.15) is 6.42 Å². The molecule has 0 radical (unpaired) electrons. The second-order valence-electron chi connectivity index (χ2n) is 2.11. The van der Waals surface area contributed by atoms with Crippen molar-refractivity contribution in [3.05, 3.63) is 0 Å². The van der Waals surface area contributed by atoms with Crippen LogP contribution in [0.3, 0.4) is 0 Å². The van der Waals surface area contributed by atoms with E-state index in [4.69, 9.17) is 5.11 Å². The van der Waals surface area contributed by atoms with E-state index >= 15 is 0 Å². The Kier molecular flexibility index (Phi) is 3.71. The van der Waals surface area contributed by atoms with Crippen LogP contribution in [-0.4, -0.2) is 26.1 Å². The normalized spacial score (nSPS) is 9.50. The number of hydrogen-bond acceptors (Lipinski definition) is 3. The van der Waals surface area contributed by atoms with Crippen molar-refractivity contribution in [2.24, 2.45) is 0 Å². The maximum absolute atomic E-state index is 10.5. The van der Waals surface area contributed by atoms with E-state index in [1.165, 1.54) is 0 Å². The fraction of sp³-hybridized carbons (Fsp3) is 0.600. The molecule has 0 heterocycles. The van der Waals surface area contributed by atoms with Crippen LogP contribution in [0, 0.1) is 0 Å². The summed E-state index contributed by atoms with van der Waals surface area (Å²) in [6.07, 6.45) is -0.523. The predicted molar refractivity (Wildman–Crippen MR) is 37.2 cm³/mol. The van der Waals surface area contributed by atoms with Gasteiger partial charge in [-0.2, -0.15) is 0 Å². The second kappa shape index (κ2) is 4.05. The Hall–Kier alpha value is -0.843. The number of rotatable bonds is 3. The van der Waals surface area contributed by atoms with Gasteiger partial charge < -0.3 is 9.53 Å². The van der Waals surface area contributed by atoms with Gasteiger partial charge in [0.05, 0.1) is 0 Å². The third kappa shape index (κ3) is 5.30. The molecule has 0 aliphatic heterocycles. The Morgan fingerprint density at radius 3 is 2.30 bits per heavy atom. The van der Waals surface area contributed by atoms with Crippen molar-refractivity contribution in [3.8, 4) is 0 Å². The average molecular weight is 162 g/mol. The van der Waals surface area contributed by atoms with Gasteiger partial charge in [-0.25, -0.2) is 0 Å². The molecule has 0 fully saturated rings. The summed E-state index contributed by atoms with van der Waals surface area (Å²) in [5.41, 5.74) is 0. The minimum absolute atomic E-state index is 0.523. The first-order valence-electron chi connectivity index (χ1n) is 2.93. The molecule has 0 aromatic rings. The van der Waals surface area contributed by atoms with Crippen molar-refractivity contribution < 1.29 is 19.1 Å². The Balaban J connectivity index is 3.54. The lowest BCUT2D eigenvalue weighted by Crippen LogP contribution is -2.17. The second-order valence-corrected chi connectivity index (χ2v) is 4.44. The lowest BCUT2D eigenvalue weighted by atomic mass is 10.5. The van der Waals surface area contributed by atoms with Gasteiger partial charge in [0, 0.05) is 0 Å². The molecule has 4 nitrogen and oxygen atoms in total. The molecule has 0 aliphatic rings. The van der Waals surface area contributed by atoms with Gasteiger partial charge in [0.1, 0.15) is 6.42 Å². The third-order valence-electron chi connectivity index (χ3n) is 0.663. The highest BCUT2D eigenvalue weighted by molar-refractivity contribution is 6.50. The fourth-order valence-electron chi connectivity index (χ4n) is 0.428. The maximum Gasteiger partial charge on any atom is 0.314 e. The summed E-state index contributed by atoms with van der Waals surface area (Å²) in [6, 6.07) is 0. The maximum atomic E-state index is 10.5. The molecule has 0 rings (SSSR count). The lowest BCUT2D eigenvalue weighted by molar-refractivity contribution is -0.145. The number of aliphatic carboxylic acids is 1. The topological polar surface area (TPSA) is 63.6 Å². The SMILES string of the molecule is C[SiH](C)OC(=O)CC(=O)O. The molecule has 5 heteroatoms. The Bertz CT molecular complexity index is 143. The largest absolute Gasteiger partial charge is 0.522 e. The molecular formula is C5H10O4Si. The van der Waals surface area contributed by atoms with Gasteiger partial charge in [0.2, 0.25) is 9.04 Å². The standard InChI is InChI=1S/C5H10O4Si/c1-10(2)9-5(8)3-4(6)7/h10H,3H2,1-2H3,(H,6,7). The van der Waals surface area contributed by atoms with Crippen LogP contribution in [0.2, 0.25) is 13.1 Å². The molecule has 0 aliphatic carbocycles. The average Bonchev–Trinajstić information content (AvgIpc) is 1.58. The molecule has 1 N–H and O–H groups in total. The summed E-state index contributed by atoms with van der Waals surface area (Å²) in [5, 5.41) is 8.11. The van der Waals surface area contributed by atoms with Crippen LogP contribution >= 0.6 is 0 Å². The van der Waals surface area contributed by atoms with Gasteiger partial charge in [0.25, 0.3) is 0 Å². The van der Waals surface area contributed by atoms with Gasteiger partial charge in [-0.1, -0.05) is 0 Å². The van der Waals surface area contributed by atoms with Crippen LogP contribution in [0.5, 0.6) is 0 Å². The monoisotopic (exact) mass is 162 g/mol. The fourth-order valence-corrected chi connectivity index (χ4v) is 1.04. The van der Waals surface area contributed by atoms with E-state index in [1.807, 2.05) is 0 Å². The summed E-state index contributed by atoms with van der Waals surface area (Å²) < 4.78 is 4.68. The molecule has 0 aromatic carbocycles. The smallest absolute Gasteiger partial charge is 0.314 e. The Morgan fingerprint density at radius 1 is 1.50 bits per heavy atom. The van der Waals surface area contributed by atoms with E-state index in [0.717, 1.165) is 0 Å². The first kappa shape index (κ1) is 9.16. The van der Waals surface area contributed by atoms with E-state index in [9.17, 15) is 9.59 Å².